The van der Waals surface area contributed by atoms with Gasteiger partial charge >= 0.3 is 18.1 Å². The van der Waals surface area contributed by atoms with Crippen molar-refractivity contribution in [3.05, 3.63) is 12.2 Å². The molecule has 110 valence electrons. The molecule has 1 atom stereocenters. The van der Waals surface area contributed by atoms with Gasteiger partial charge in [-0.05, 0) is 6.92 Å². The van der Waals surface area contributed by atoms with E-state index in [1.165, 1.54) is 13.0 Å². The molecule has 1 aliphatic heterocycles. The van der Waals surface area contributed by atoms with Crippen LogP contribution in [0.5, 0.6) is 0 Å². The highest BCUT2D eigenvalue weighted by Crippen LogP contribution is 2.52. The van der Waals surface area contributed by atoms with E-state index >= 15 is 0 Å². The second-order valence-corrected chi connectivity index (χ2v) is 4.08. The zero-order valence-corrected chi connectivity index (χ0v) is 10.1. The van der Waals surface area contributed by atoms with Crippen molar-refractivity contribution in [1.82, 2.24) is 0 Å². The minimum absolute atomic E-state index is 0.172. The van der Waals surface area contributed by atoms with Crippen LogP contribution in [0.3, 0.4) is 0 Å². The van der Waals surface area contributed by atoms with Gasteiger partial charge in [0.1, 0.15) is 5.60 Å². The lowest BCUT2D eigenvalue weighted by molar-refractivity contribution is -0.379. The first-order valence-electron chi connectivity index (χ1n) is 5.54. The van der Waals surface area contributed by atoms with E-state index in [4.69, 9.17) is 0 Å². The van der Waals surface area contributed by atoms with Gasteiger partial charge in [0.25, 0.3) is 0 Å². The molecule has 1 unspecified atom stereocenters. The molecular formula is C11H13F5O3. The average molecular weight is 288 g/mol. The van der Waals surface area contributed by atoms with Crippen LogP contribution in [-0.4, -0.2) is 36.9 Å². The molecule has 1 heterocycles. The monoisotopic (exact) mass is 288 g/mol. The van der Waals surface area contributed by atoms with Crippen molar-refractivity contribution in [2.24, 2.45) is 0 Å². The second-order valence-electron chi connectivity index (χ2n) is 4.08. The molecule has 3 nitrogen and oxygen atoms in total. The van der Waals surface area contributed by atoms with Crippen LogP contribution in [0.25, 0.3) is 0 Å². The fraction of sp³-hybridized carbons (Fsp3) is 0.727. The molecule has 0 aromatic rings. The first-order chi connectivity index (χ1) is 8.66. The number of carbonyl (C=O) groups is 1. The molecule has 8 heteroatoms. The normalized spacial score (nSPS) is 24.3. The summed E-state index contributed by atoms with van der Waals surface area (Å²) < 4.78 is 72.5. The number of carbonyl (C=O) groups excluding carboxylic acids is 1. The molecule has 1 rings (SSSR count). The van der Waals surface area contributed by atoms with Crippen LogP contribution in [0.1, 0.15) is 19.8 Å². The van der Waals surface area contributed by atoms with Gasteiger partial charge in [-0.1, -0.05) is 6.08 Å². The van der Waals surface area contributed by atoms with E-state index in [-0.39, 0.29) is 6.61 Å². The van der Waals surface area contributed by atoms with Crippen LogP contribution in [-0.2, 0) is 14.3 Å². The van der Waals surface area contributed by atoms with Crippen molar-refractivity contribution < 1.29 is 36.2 Å². The largest absolute Gasteiger partial charge is 0.462 e. The summed E-state index contributed by atoms with van der Waals surface area (Å²) in [6.07, 6.45) is -4.43. The predicted molar refractivity (Wildman–Crippen MR) is 54.7 cm³/mol. The molecule has 0 bridgehead atoms. The Labute approximate surface area is 106 Å². The van der Waals surface area contributed by atoms with Gasteiger partial charge in [0.15, 0.2) is 0 Å². The number of allylic oxidation sites excluding steroid dienone is 1. The highest BCUT2D eigenvalue weighted by molar-refractivity contribution is 5.81. The molecular weight excluding hydrogens is 275 g/mol. The molecule has 0 saturated carbocycles. The lowest BCUT2D eigenvalue weighted by Gasteiger charge is -2.46. The quantitative estimate of drug-likeness (QED) is 0.443. The van der Waals surface area contributed by atoms with Gasteiger partial charge in [0, 0.05) is 18.9 Å². The van der Waals surface area contributed by atoms with Crippen molar-refractivity contribution in [2.75, 3.05) is 13.2 Å². The summed E-state index contributed by atoms with van der Waals surface area (Å²) >= 11 is 0. The van der Waals surface area contributed by atoms with E-state index in [2.05, 4.69) is 9.47 Å². The van der Waals surface area contributed by atoms with Crippen molar-refractivity contribution >= 4 is 5.97 Å². The molecule has 0 amide bonds. The SMILES string of the molecule is CC=CC(=O)OCCC1(C(F)(F)C(F)(F)F)CCO1. The van der Waals surface area contributed by atoms with Crippen LogP contribution >= 0.6 is 0 Å². The maximum Gasteiger partial charge on any atom is 0.456 e. The molecule has 0 aromatic carbocycles. The molecule has 0 radical (unpaired) electrons. The number of hydrogen-bond acceptors (Lipinski definition) is 3. The molecule has 19 heavy (non-hydrogen) atoms. The van der Waals surface area contributed by atoms with Crippen LogP contribution in [0, 0.1) is 0 Å². The van der Waals surface area contributed by atoms with Gasteiger partial charge in [0.2, 0.25) is 0 Å². The zero-order valence-electron chi connectivity index (χ0n) is 10.1. The third-order valence-corrected chi connectivity index (χ3v) is 2.87. The fourth-order valence-corrected chi connectivity index (χ4v) is 1.71. The molecule has 0 N–H and O–H groups in total. The Hall–Kier alpha value is -1.18. The topological polar surface area (TPSA) is 35.5 Å². The van der Waals surface area contributed by atoms with Gasteiger partial charge in [0.05, 0.1) is 13.2 Å². The molecule has 0 aliphatic carbocycles. The summed E-state index contributed by atoms with van der Waals surface area (Å²) in [5.74, 6) is -5.77. The zero-order chi connectivity index (χ0) is 14.7. The number of ether oxygens (including phenoxy) is 2. The molecule has 1 fully saturated rings. The number of alkyl halides is 5. The van der Waals surface area contributed by atoms with Gasteiger partial charge < -0.3 is 9.47 Å². The highest BCUT2D eigenvalue weighted by Gasteiger charge is 2.72. The maximum absolute atomic E-state index is 13.3. The Morgan fingerprint density at radius 3 is 2.32 bits per heavy atom. The fourth-order valence-electron chi connectivity index (χ4n) is 1.71. The van der Waals surface area contributed by atoms with Crippen LogP contribution < -0.4 is 0 Å². The van der Waals surface area contributed by atoms with Gasteiger partial charge in [-0.2, -0.15) is 22.0 Å². The standard InChI is InChI=1S/C11H13F5O3/c1-2-3-8(17)18-6-4-9(5-7-19-9)10(12,13)11(14,15)16/h2-3H,4-7H2,1H3. The number of hydrogen-bond donors (Lipinski definition) is 0. The predicted octanol–water partition coefficient (Wildman–Crippen LogP) is 2.85. The minimum atomic E-state index is -5.69. The molecule has 1 saturated heterocycles. The highest BCUT2D eigenvalue weighted by atomic mass is 19.4. The van der Waals surface area contributed by atoms with E-state index in [9.17, 15) is 26.7 Å². The van der Waals surface area contributed by atoms with Crippen molar-refractivity contribution in [1.29, 1.82) is 0 Å². The van der Waals surface area contributed by atoms with E-state index in [0.29, 0.717) is 0 Å². The summed E-state index contributed by atoms with van der Waals surface area (Å²) in [7, 11) is 0. The Morgan fingerprint density at radius 1 is 1.37 bits per heavy atom. The Bertz CT molecular complexity index is 358. The Balaban J connectivity index is 2.65. The van der Waals surface area contributed by atoms with Crippen molar-refractivity contribution in [2.45, 2.75) is 37.5 Å². The lowest BCUT2D eigenvalue weighted by atomic mass is 9.84. The Kier molecular flexibility index (Phi) is 4.54. The first kappa shape index (κ1) is 15.9. The summed E-state index contributed by atoms with van der Waals surface area (Å²) in [6.45, 7) is 0.804. The van der Waals surface area contributed by atoms with E-state index < -0.39 is 43.1 Å². The minimum Gasteiger partial charge on any atom is -0.462 e. The summed E-state index contributed by atoms with van der Waals surface area (Å²) in [5.41, 5.74) is -2.62. The summed E-state index contributed by atoms with van der Waals surface area (Å²) in [4.78, 5) is 10.9. The molecule has 0 aromatic heterocycles. The molecule has 1 aliphatic rings. The summed E-state index contributed by atoms with van der Waals surface area (Å²) in [6, 6.07) is 0. The number of rotatable bonds is 5. The average Bonchev–Trinajstić information content (AvgIpc) is 2.20. The number of halogens is 5. The maximum atomic E-state index is 13.3. The van der Waals surface area contributed by atoms with Crippen LogP contribution in [0.4, 0.5) is 22.0 Å². The number of esters is 1. The van der Waals surface area contributed by atoms with Crippen LogP contribution in [0.2, 0.25) is 0 Å². The third kappa shape index (κ3) is 3.05. The van der Waals surface area contributed by atoms with E-state index in [1.807, 2.05) is 0 Å². The second kappa shape index (κ2) is 5.44. The van der Waals surface area contributed by atoms with Crippen molar-refractivity contribution in [3.63, 3.8) is 0 Å². The van der Waals surface area contributed by atoms with E-state index in [0.717, 1.165) is 6.08 Å². The third-order valence-electron chi connectivity index (χ3n) is 2.87. The molecule has 0 spiro atoms. The van der Waals surface area contributed by atoms with Crippen molar-refractivity contribution in [3.8, 4) is 0 Å². The first-order valence-corrected chi connectivity index (χ1v) is 5.54. The summed E-state index contributed by atoms with van der Waals surface area (Å²) in [5, 5.41) is 0. The lowest BCUT2D eigenvalue weighted by Crippen LogP contribution is -2.64. The smallest absolute Gasteiger partial charge is 0.456 e. The van der Waals surface area contributed by atoms with Crippen LogP contribution in [0.15, 0.2) is 12.2 Å². The van der Waals surface area contributed by atoms with E-state index in [1.54, 1.807) is 0 Å². The van der Waals surface area contributed by atoms with Gasteiger partial charge in [-0.25, -0.2) is 4.79 Å². The Morgan fingerprint density at radius 2 is 1.95 bits per heavy atom. The van der Waals surface area contributed by atoms with Gasteiger partial charge in [-0.15, -0.1) is 0 Å². The van der Waals surface area contributed by atoms with Gasteiger partial charge in [-0.3, -0.25) is 0 Å².